The van der Waals surface area contributed by atoms with Gasteiger partial charge in [0.1, 0.15) is 0 Å². The highest BCUT2D eigenvalue weighted by Gasteiger charge is 2.09. The SMILES string of the molecule is COC(=O)CNCC1CC=CCC1. The van der Waals surface area contributed by atoms with Gasteiger partial charge >= 0.3 is 5.97 Å². The minimum absolute atomic E-state index is 0.189. The molecule has 0 aromatic heterocycles. The monoisotopic (exact) mass is 183 g/mol. The first kappa shape index (κ1) is 10.3. The fourth-order valence-electron chi connectivity index (χ4n) is 1.49. The lowest BCUT2D eigenvalue weighted by Gasteiger charge is -2.17. The van der Waals surface area contributed by atoms with Crippen LogP contribution in [0, 0.1) is 5.92 Å². The van der Waals surface area contributed by atoms with E-state index in [1.165, 1.54) is 20.0 Å². The number of allylic oxidation sites excluding steroid dienone is 2. The van der Waals surface area contributed by atoms with Crippen molar-refractivity contribution < 1.29 is 9.53 Å². The number of methoxy groups -OCH3 is 1. The molecule has 0 saturated heterocycles. The molecular weight excluding hydrogens is 166 g/mol. The Morgan fingerprint density at radius 2 is 2.46 bits per heavy atom. The molecule has 1 rings (SSSR count). The number of hydrogen-bond acceptors (Lipinski definition) is 3. The molecule has 0 aromatic carbocycles. The van der Waals surface area contributed by atoms with E-state index in [1.807, 2.05) is 0 Å². The minimum Gasteiger partial charge on any atom is -0.468 e. The van der Waals surface area contributed by atoms with Crippen LogP contribution in [0.4, 0.5) is 0 Å². The highest BCUT2D eigenvalue weighted by Crippen LogP contribution is 2.16. The summed E-state index contributed by atoms with van der Waals surface area (Å²) in [5.41, 5.74) is 0. The summed E-state index contributed by atoms with van der Waals surface area (Å²) in [5, 5.41) is 3.10. The Morgan fingerprint density at radius 1 is 1.62 bits per heavy atom. The predicted octanol–water partition coefficient (Wildman–Crippen LogP) is 1.11. The first-order valence-corrected chi connectivity index (χ1v) is 4.75. The van der Waals surface area contributed by atoms with Gasteiger partial charge in [-0.25, -0.2) is 0 Å². The molecule has 0 heterocycles. The maximum absolute atomic E-state index is 10.8. The Bertz CT molecular complexity index is 189. The first-order chi connectivity index (χ1) is 6.33. The average Bonchev–Trinajstić information content (AvgIpc) is 2.19. The summed E-state index contributed by atoms with van der Waals surface area (Å²) >= 11 is 0. The Hall–Kier alpha value is -0.830. The summed E-state index contributed by atoms with van der Waals surface area (Å²) in [6.07, 6.45) is 7.97. The van der Waals surface area contributed by atoms with Crippen molar-refractivity contribution in [3.05, 3.63) is 12.2 Å². The fraction of sp³-hybridized carbons (Fsp3) is 0.700. The van der Waals surface area contributed by atoms with Crippen molar-refractivity contribution in [2.75, 3.05) is 20.2 Å². The van der Waals surface area contributed by atoms with Crippen molar-refractivity contribution in [3.63, 3.8) is 0 Å². The van der Waals surface area contributed by atoms with Crippen molar-refractivity contribution >= 4 is 5.97 Å². The van der Waals surface area contributed by atoms with Gasteiger partial charge in [-0.3, -0.25) is 4.79 Å². The maximum atomic E-state index is 10.8. The zero-order valence-electron chi connectivity index (χ0n) is 8.08. The van der Waals surface area contributed by atoms with Crippen LogP contribution >= 0.6 is 0 Å². The number of nitrogens with one attached hydrogen (secondary N) is 1. The molecule has 13 heavy (non-hydrogen) atoms. The van der Waals surface area contributed by atoms with Gasteiger partial charge in [0.05, 0.1) is 13.7 Å². The Balaban J connectivity index is 2.05. The summed E-state index contributed by atoms with van der Waals surface area (Å²) in [6, 6.07) is 0. The van der Waals surface area contributed by atoms with Gasteiger partial charge in [-0.1, -0.05) is 12.2 Å². The van der Waals surface area contributed by atoms with E-state index >= 15 is 0 Å². The molecule has 0 spiro atoms. The molecule has 0 aliphatic heterocycles. The Morgan fingerprint density at radius 3 is 3.08 bits per heavy atom. The molecule has 1 aliphatic carbocycles. The van der Waals surface area contributed by atoms with E-state index in [0.717, 1.165) is 13.0 Å². The third kappa shape index (κ3) is 4.08. The molecule has 0 saturated carbocycles. The van der Waals surface area contributed by atoms with Crippen molar-refractivity contribution in [2.45, 2.75) is 19.3 Å². The second kappa shape index (κ2) is 5.75. The lowest BCUT2D eigenvalue weighted by atomic mass is 9.94. The Labute approximate surface area is 79.2 Å². The van der Waals surface area contributed by atoms with Crippen LogP contribution < -0.4 is 5.32 Å². The number of rotatable bonds is 4. The molecular formula is C10H17NO2. The zero-order valence-corrected chi connectivity index (χ0v) is 8.08. The van der Waals surface area contributed by atoms with Gasteiger partial charge in [0, 0.05) is 0 Å². The van der Waals surface area contributed by atoms with E-state index in [0.29, 0.717) is 12.5 Å². The number of ether oxygens (including phenoxy) is 1. The molecule has 0 radical (unpaired) electrons. The maximum Gasteiger partial charge on any atom is 0.319 e. The average molecular weight is 183 g/mol. The molecule has 0 fully saturated rings. The van der Waals surface area contributed by atoms with Crippen LogP contribution in [-0.4, -0.2) is 26.2 Å². The molecule has 3 nitrogen and oxygen atoms in total. The quantitative estimate of drug-likeness (QED) is 0.524. The van der Waals surface area contributed by atoms with Crippen molar-refractivity contribution in [2.24, 2.45) is 5.92 Å². The normalized spacial score (nSPS) is 21.5. The van der Waals surface area contributed by atoms with E-state index in [-0.39, 0.29) is 5.97 Å². The largest absolute Gasteiger partial charge is 0.468 e. The zero-order chi connectivity index (χ0) is 9.52. The van der Waals surface area contributed by atoms with Crippen LogP contribution in [-0.2, 0) is 9.53 Å². The highest BCUT2D eigenvalue weighted by molar-refractivity contribution is 5.71. The standard InChI is InChI=1S/C10H17NO2/c1-13-10(12)8-11-7-9-5-3-2-4-6-9/h2-3,9,11H,4-8H2,1H3. The minimum atomic E-state index is -0.189. The van der Waals surface area contributed by atoms with E-state index in [2.05, 4.69) is 22.2 Å². The topological polar surface area (TPSA) is 38.3 Å². The molecule has 1 N–H and O–H groups in total. The van der Waals surface area contributed by atoms with Gasteiger partial charge in [-0.15, -0.1) is 0 Å². The van der Waals surface area contributed by atoms with Crippen LogP contribution in [0.5, 0.6) is 0 Å². The summed E-state index contributed by atoms with van der Waals surface area (Å²) in [7, 11) is 1.41. The van der Waals surface area contributed by atoms with E-state index in [4.69, 9.17) is 0 Å². The summed E-state index contributed by atoms with van der Waals surface area (Å²) in [6.45, 7) is 1.25. The van der Waals surface area contributed by atoms with Crippen molar-refractivity contribution in [1.82, 2.24) is 5.32 Å². The summed E-state index contributed by atoms with van der Waals surface area (Å²) in [5.74, 6) is 0.501. The van der Waals surface area contributed by atoms with E-state index in [9.17, 15) is 4.79 Å². The van der Waals surface area contributed by atoms with Gasteiger partial charge in [0.15, 0.2) is 0 Å². The van der Waals surface area contributed by atoms with Crippen molar-refractivity contribution in [1.29, 1.82) is 0 Å². The van der Waals surface area contributed by atoms with E-state index in [1.54, 1.807) is 0 Å². The molecule has 0 amide bonds. The molecule has 3 heteroatoms. The summed E-state index contributed by atoms with van der Waals surface area (Å²) in [4.78, 5) is 10.8. The molecule has 1 atom stereocenters. The smallest absolute Gasteiger partial charge is 0.319 e. The third-order valence-corrected chi connectivity index (χ3v) is 2.31. The third-order valence-electron chi connectivity index (χ3n) is 2.31. The first-order valence-electron chi connectivity index (χ1n) is 4.75. The second-order valence-electron chi connectivity index (χ2n) is 3.36. The van der Waals surface area contributed by atoms with Gasteiger partial charge in [-0.05, 0) is 31.7 Å². The van der Waals surface area contributed by atoms with Gasteiger partial charge in [0.2, 0.25) is 0 Å². The van der Waals surface area contributed by atoms with Crippen LogP contribution in [0.25, 0.3) is 0 Å². The number of esters is 1. The van der Waals surface area contributed by atoms with E-state index < -0.39 is 0 Å². The summed E-state index contributed by atoms with van der Waals surface area (Å²) < 4.78 is 4.52. The van der Waals surface area contributed by atoms with Crippen LogP contribution in [0.1, 0.15) is 19.3 Å². The molecule has 0 aromatic rings. The second-order valence-corrected chi connectivity index (χ2v) is 3.36. The van der Waals surface area contributed by atoms with Crippen molar-refractivity contribution in [3.8, 4) is 0 Å². The molecule has 1 unspecified atom stereocenters. The Kier molecular flexibility index (Phi) is 4.54. The van der Waals surface area contributed by atoms with Crippen LogP contribution in [0.2, 0.25) is 0 Å². The van der Waals surface area contributed by atoms with Gasteiger partial charge in [-0.2, -0.15) is 0 Å². The van der Waals surface area contributed by atoms with Gasteiger partial charge < -0.3 is 10.1 Å². The highest BCUT2D eigenvalue weighted by atomic mass is 16.5. The molecule has 1 aliphatic rings. The number of hydrogen-bond donors (Lipinski definition) is 1. The van der Waals surface area contributed by atoms with Crippen LogP contribution in [0.15, 0.2) is 12.2 Å². The predicted molar refractivity (Wildman–Crippen MR) is 51.4 cm³/mol. The molecule has 74 valence electrons. The lowest BCUT2D eigenvalue weighted by molar-refractivity contribution is -0.139. The fourth-order valence-corrected chi connectivity index (χ4v) is 1.49. The van der Waals surface area contributed by atoms with Crippen LogP contribution in [0.3, 0.4) is 0 Å². The number of carbonyl (C=O) groups excluding carboxylic acids is 1. The molecule has 0 bridgehead atoms. The number of carbonyl (C=O) groups is 1. The lowest BCUT2D eigenvalue weighted by Crippen LogP contribution is -2.29. The van der Waals surface area contributed by atoms with Gasteiger partial charge in [0.25, 0.3) is 0 Å².